The van der Waals surface area contributed by atoms with Gasteiger partial charge in [0.05, 0.1) is 6.04 Å². The predicted molar refractivity (Wildman–Crippen MR) is 83.0 cm³/mol. The standard InChI is InChI=1S/C15H19N5O3/c1-17-13(21)5-9-19(15(17)23)11-14(22)18-7-2-4-12(10-18)20-8-3-6-16-20/h3,5-6,8-9,12H,2,4,7,10-11H2,1H3/t12-/m1/s1. The number of hydrogen-bond donors (Lipinski definition) is 0. The highest BCUT2D eigenvalue weighted by Crippen LogP contribution is 2.20. The van der Waals surface area contributed by atoms with E-state index in [1.807, 2.05) is 16.9 Å². The maximum atomic E-state index is 12.5. The Balaban J connectivity index is 1.72. The van der Waals surface area contributed by atoms with Gasteiger partial charge in [0.15, 0.2) is 0 Å². The van der Waals surface area contributed by atoms with Gasteiger partial charge in [0.2, 0.25) is 5.91 Å². The second-order valence-electron chi connectivity index (χ2n) is 5.75. The van der Waals surface area contributed by atoms with E-state index in [9.17, 15) is 14.4 Å². The summed E-state index contributed by atoms with van der Waals surface area (Å²) in [6.45, 7) is 1.21. The summed E-state index contributed by atoms with van der Waals surface area (Å²) in [4.78, 5) is 37.6. The number of hydrogen-bond acceptors (Lipinski definition) is 4. The minimum Gasteiger partial charge on any atom is -0.339 e. The second-order valence-corrected chi connectivity index (χ2v) is 5.75. The zero-order chi connectivity index (χ0) is 16.4. The molecule has 2 aromatic rings. The largest absolute Gasteiger partial charge is 0.339 e. The second kappa shape index (κ2) is 6.23. The van der Waals surface area contributed by atoms with Crippen LogP contribution in [-0.4, -0.2) is 42.8 Å². The number of nitrogens with zero attached hydrogens (tertiary/aromatic N) is 5. The van der Waals surface area contributed by atoms with Gasteiger partial charge in [-0.1, -0.05) is 0 Å². The number of likely N-dealkylation sites (tertiary alicyclic amines) is 1. The molecule has 1 amide bonds. The van der Waals surface area contributed by atoms with E-state index in [2.05, 4.69) is 5.10 Å². The molecule has 0 unspecified atom stereocenters. The van der Waals surface area contributed by atoms with Crippen molar-refractivity contribution in [3.05, 3.63) is 51.6 Å². The molecule has 0 saturated carbocycles. The van der Waals surface area contributed by atoms with Gasteiger partial charge in [-0.15, -0.1) is 0 Å². The van der Waals surface area contributed by atoms with Gasteiger partial charge >= 0.3 is 5.69 Å². The van der Waals surface area contributed by atoms with E-state index in [0.717, 1.165) is 17.4 Å². The third kappa shape index (κ3) is 3.10. The Morgan fingerprint density at radius 3 is 2.91 bits per heavy atom. The highest BCUT2D eigenvalue weighted by molar-refractivity contribution is 5.76. The summed E-state index contributed by atoms with van der Waals surface area (Å²) in [5.74, 6) is -0.123. The zero-order valence-electron chi connectivity index (χ0n) is 13.0. The molecule has 3 heterocycles. The Hall–Kier alpha value is -2.64. The van der Waals surface area contributed by atoms with Crippen molar-refractivity contribution in [2.45, 2.75) is 25.4 Å². The van der Waals surface area contributed by atoms with Crippen molar-refractivity contribution in [3.63, 3.8) is 0 Å². The normalized spacial score (nSPS) is 18.1. The minimum atomic E-state index is -0.480. The van der Waals surface area contributed by atoms with Crippen LogP contribution in [0.3, 0.4) is 0 Å². The molecule has 1 fully saturated rings. The third-order valence-electron chi connectivity index (χ3n) is 4.21. The van der Waals surface area contributed by atoms with Crippen molar-refractivity contribution in [2.75, 3.05) is 13.1 Å². The summed E-state index contributed by atoms with van der Waals surface area (Å²) < 4.78 is 4.13. The first kappa shape index (κ1) is 15.3. The summed E-state index contributed by atoms with van der Waals surface area (Å²) in [6.07, 6.45) is 6.88. The third-order valence-corrected chi connectivity index (χ3v) is 4.21. The van der Waals surface area contributed by atoms with Gasteiger partial charge in [-0.05, 0) is 18.9 Å². The molecule has 122 valence electrons. The van der Waals surface area contributed by atoms with E-state index < -0.39 is 5.69 Å². The van der Waals surface area contributed by atoms with Crippen molar-refractivity contribution in [2.24, 2.45) is 7.05 Å². The van der Waals surface area contributed by atoms with Crippen molar-refractivity contribution in [1.29, 1.82) is 0 Å². The van der Waals surface area contributed by atoms with Crippen LogP contribution in [0.25, 0.3) is 0 Å². The topological polar surface area (TPSA) is 82.1 Å². The lowest BCUT2D eigenvalue weighted by Crippen LogP contribution is -2.45. The van der Waals surface area contributed by atoms with E-state index >= 15 is 0 Å². The fraction of sp³-hybridized carbons (Fsp3) is 0.467. The first-order valence-electron chi connectivity index (χ1n) is 7.59. The molecular formula is C15H19N5O3. The average Bonchev–Trinajstić information content (AvgIpc) is 3.10. The van der Waals surface area contributed by atoms with Gasteiger partial charge in [0.25, 0.3) is 5.56 Å². The van der Waals surface area contributed by atoms with Crippen LogP contribution < -0.4 is 11.2 Å². The van der Waals surface area contributed by atoms with Crippen LogP contribution in [0, 0.1) is 0 Å². The summed E-state index contributed by atoms with van der Waals surface area (Å²) in [5, 5.41) is 4.24. The molecule has 3 rings (SSSR count). The first-order chi connectivity index (χ1) is 11.1. The molecule has 23 heavy (non-hydrogen) atoms. The molecule has 2 aromatic heterocycles. The smallest absolute Gasteiger partial charge is 0.331 e. The molecule has 1 atom stereocenters. The number of piperidine rings is 1. The predicted octanol–water partition coefficient (Wildman–Crippen LogP) is -0.393. The highest BCUT2D eigenvalue weighted by atomic mass is 16.2. The summed E-state index contributed by atoms with van der Waals surface area (Å²) >= 11 is 0. The summed E-state index contributed by atoms with van der Waals surface area (Å²) in [6, 6.07) is 3.32. The molecule has 1 aliphatic heterocycles. The molecule has 0 radical (unpaired) electrons. The maximum Gasteiger partial charge on any atom is 0.331 e. The molecule has 0 bridgehead atoms. The monoisotopic (exact) mass is 317 g/mol. The molecule has 0 spiro atoms. The van der Waals surface area contributed by atoms with E-state index in [0.29, 0.717) is 13.1 Å². The molecule has 0 aliphatic carbocycles. The number of aromatic nitrogens is 4. The number of carbonyl (C=O) groups excluding carboxylic acids is 1. The van der Waals surface area contributed by atoms with E-state index in [4.69, 9.17) is 0 Å². The number of carbonyl (C=O) groups is 1. The maximum absolute atomic E-state index is 12.5. The summed E-state index contributed by atoms with van der Waals surface area (Å²) in [5.41, 5.74) is -0.859. The van der Waals surface area contributed by atoms with Crippen molar-refractivity contribution >= 4 is 5.91 Å². The quantitative estimate of drug-likeness (QED) is 0.772. The van der Waals surface area contributed by atoms with Gasteiger partial charge < -0.3 is 4.90 Å². The van der Waals surface area contributed by atoms with Crippen LogP contribution in [0.4, 0.5) is 0 Å². The van der Waals surface area contributed by atoms with E-state index in [1.165, 1.54) is 23.9 Å². The molecule has 0 aromatic carbocycles. The molecule has 1 aliphatic rings. The molecular weight excluding hydrogens is 298 g/mol. The Morgan fingerprint density at radius 1 is 1.35 bits per heavy atom. The molecule has 8 nitrogen and oxygen atoms in total. The molecule has 0 N–H and O–H groups in total. The minimum absolute atomic E-state index is 0.0568. The van der Waals surface area contributed by atoms with Crippen molar-refractivity contribution in [3.8, 4) is 0 Å². The van der Waals surface area contributed by atoms with Crippen LogP contribution >= 0.6 is 0 Å². The average molecular weight is 317 g/mol. The molecule has 8 heteroatoms. The van der Waals surface area contributed by atoms with Crippen LogP contribution in [0.1, 0.15) is 18.9 Å². The first-order valence-corrected chi connectivity index (χ1v) is 7.59. The van der Waals surface area contributed by atoms with Crippen LogP contribution in [-0.2, 0) is 18.4 Å². The van der Waals surface area contributed by atoms with Gasteiger partial charge in [0.1, 0.15) is 6.54 Å². The fourth-order valence-corrected chi connectivity index (χ4v) is 2.88. The Kier molecular flexibility index (Phi) is 4.14. The van der Waals surface area contributed by atoms with Gasteiger partial charge in [-0.25, -0.2) is 4.79 Å². The van der Waals surface area contributed by atoms with Gasteiger partial charge in [-0.3, -0.25) is 23.4 Å². The van der Waals surface area contributed by atoms with Gasteiger partial charge in [0, 0.05) is 44.8 Å². The lowest BCUT2D eigenvalue weighted by molar-refractivity contribution is -0.133. The number of rotatable bonds is 3. The lowest BCUT2D eigenvalue weighted by Gasteiger charge is -2.33. The fourth-order valence-electron chi connectivity index (χ4n) is 2.88. The van der Waals surface area contributed by atoms with Crippen LogP contribution in [0.2, 0.25) is 0 Å². The van der Waals surface area contributed by atoms with E-state index in [1.54, 1.807) is 11.1 Å². The van der Waals surface area contributed by atoms with Crippen molar-refractivity contribution < 1.29 is 4.79 Å². The highest BCUT2D eigenvalue weighted by Gasteiger charge is 2.25. The molecule has 1 saturated heterocycles. The SMILES string of the molecule is Cn1c(=O)ccn(CC(=O)N2CCC[C@@H](n3cccn3)C2)c1=O. The Bertz CT molecular complexity index is 805. The van der Waals surface area contributed by atoms with Crippen LogP contribution in [0.5, 0.6) is 0 Å². The van der Waals surface area contributed by atoms with Gasteiger partial charge in [-0.2, -0.15) is 5.10 Å². The Labute approximate surface area is 132 Å². The zero-order valence-corrected chi connectivity index (χ0v) is 13.0. The Morgan fingerprint density at radius 2 is 2.17 bits per heavy atom. The lowest BCUT2D eigenvalue weighted by atomic mass is 10.1. The van der Waals surface area contributed by atoms with Crippen LogP contribution in [0.15, 0.2) is 40.3 Å². The number of amides is 1. The van der Waals surface area contributed by atoms with E-state index in [-0.39, 0.29) is 24.1 Å². The van der Waals surface area contributed by atoms with Crippen molar-refractivity contribution in [1.82, 2.24) is 23.8 Å². The summed E-state index contributed by atoms with van der Waals surface area (Å²) in [7, 11) is 1.40.